The summed E-state index contributed by atoms with van der Waals surface area (Å²) in [6, 6.07) is 15.6. The number of aromatic nitrogens is 7. The smallest absolute Gasteiger partial charge is 0.306 e. The van der Waals surface area contributed by atoms with Crippen LogP contribution in [-0.2, 0) is 24.8 Å². The molecule has 188 valence electrons. The molecule has 11 heteroatoms. The molecule has 5 rings (SSSR count). The summed E-state index contributed by atoms with van der Waals surface area (Å²) in [5, 5.41) is 36.1. The highest BCUT2D eigenvalue weighted by Crippen LogP contribution is 2.30. The summed E-state index contributed by atoms with van der Waals surface area (Å²) in [5.41, 5.74) is 3.91. The van der Waals surface area contributed by atoms with Gasteiger partial charge >= 0.3 is 5.97 Å². The third kappa shape index (κ3) is 5.48. The van der Waals surface area contributed by atoms with E-state index in [0.29, 0.717) is 42.9 Å². The van der Waals surface area contributed by atoms with E-state index < -0.39 is 11.9 Å². The van der Waals surface area contributed by atoms with Gasteiger partial charge in [0, 0.05) is 19.7 Å². The zero-order chi connectivity index (χ0) is 25.8. The first-order valence-corrected chi connectivity index (χ1v) is 12.1. The molecule has 3 heterocycles. The summed E-state index contributed by atoms with van der Waals surface area (Å²) in [5.74, 6) is -0.893. The zero-order valence-corrected chi connectivity index (χ0v) is 20.4. The maximum Gasteiger partial charge on any atom is 0.306 e. The molecule has 0 unspecified atom stereocenters. The Bertz CT molecular complexity index is 1440. The highest BCUT2D eigenvalue weighted by Gasteiger charge is 2.29. The maximum absolute atomic E-state index is 11.4. The number of aryl methyl sites for hydroxylation is 1. The second-order valence-corrected chi connectivity index (χ2v) is 9.17. The Morgan fingerprint density at radius 3 is 2.78 bits per heavy atom. The molecule has 1 aromatic carbocycles. The first-order chi connectivity index (χ1) is 18.0. The van der Waals surface area contributed by atoms with Crippen molar-refractivity contribution in [2.45, 2.75) is 44.8 Å². The zero-order valence-electron chi connectivity index (χ0n) is 20.4. The fourth-order valence-electron chi connectivity index (χ4n) is 4.62. The van der Waals surface area contributed by atoms with Crippen LogP contribution in [0.1, 0.15) is 48.3 Å². The predicted molar refractivity (Wildman–Crippen MR) is 131 cm³/mol. The van der Waals surface area contributed by atoms with Gasteiger partial charge in [-0.25, -0.2) is 14.3 Å². The van der Waals surface area contributed by atoms with Gasteiger partial charge in [0.15, 0.2) is 11.4 Å². The monoisotopic (exact) mass is 498 g/mol. The number of aliphatic carboxylic acids is 1. The Morgan fingerprint density at radius 2 is 2.00 bits per heavy atom. The normalized spacial score (nSPS) is 17.3. The number of carboxylic acid groups (broad SMARTS) is 1. The van der Waals surface area contributed by atoms with Crippen LogP contribution in [0.5, 0.6) is 5.75 Å². The molecule has 0 bridgehead atoms. The Labute approximate surface area is 213 Å². The highest BCUT2D eigenvalue weighted by atomic mass is 16.5. The molecular weight excluding hydrogens is 472 g/mol. The van der Waals surface area contributed by atoms with Gasteiger partial charge < -0.3 is 9.84 Å². The van der Waals surface area contributed by atoms with Gasteiger partial charge in [0.25, 0.3) is 0 Å². The molecule has 0 spiro atoms. The molecule has 3 aromatic heterocycles. The van der Waals surface area contributed by atoms with Gasteiger partial charge in [-0.3, -0.25) is 4.79 Å². The molecule has 1 aliphatic carbocycles. The van der Waals surface area contributed by atoms with E-state index in [0.717, 1.165) is 29.8 Å². The SMILES string of the molecule is Cn1nnc(-c2ccc(O[C@H]3CCC[C@H](C(=O)O)C3)c(C#N)n2)c1Cn1cc(Cc2ccccc2)nn1. The van der Waals surface area contributed by atoms with E-state index in [4.69, 9.17) is 4.74 Å². The maximum atomic E-state index is 11.4. The Morgan fingerprint density at radius 1 is 1.16 bits per heavy atom. The molecule has 0 amide bonds. The van der Waals surface area contributed by atoms with Crippen LogP contribution in [-0.4, -0.2) is 52.2 Å². The molecule has 1 saturated carbocycles. The van der Waals surface area contributed by atoms with E-state index in [1.165, 1.54) is 0 Å². The van der Waals surface area contributed by atoms with Crippen molar-refractivity contribution in [3.05, 3.63) is 71.3 Å². The molecule has 4 aromatic rings. The van der Waals surface area contributed by atoms with Crippen LogP contribution >= 0.6 is 0 Å². The molecule has 0 aliphatic heterocycles. The van der Waals surface area contributed by atoms with E-state index >= 15 is 0 Å². The van der Waals surface area contributed by atoms with Crippen LogP contribution in [0.4, 0.5) is 0 Å². The van der Waals surface area contributed by atoms with E-state index in [-0.39, 0.29) is 11.8 Å². The number of benzene rings is 1. The number of nitrogens with zero attached hydrogens (tertiary/aromatic N) is 8. The summed E-state index contributed by atoms with van der Waals surface area (Å²) in [4.78, 5) is 15.9. The van der Waals surface area contributed by atoms with Crippen LogP contribution in [0.2, 0.25) is 0 Å². The molecule has 11 nitrogen and oxygen atoms in total. The number of hydrogen-bond acceptors (Lipinski definition) is 8. The summed E-state index contributed by atoms with van der Waals surface area (Å²) in [6.07, 6.45) is 4.89. The minimum atomic E-state index is -0.808. The number of carbonyl (C=O) groups is 1. The largest absolute Gasteiger partial charge is 0.487 e. The van der Waals surface area contributed by atoms with Crippen LogP contribution < -0.4 is 4.74 Å². The number of carboxylic acids is 1. The van der Waals surface area contributed by atoms with Gasteiger partial charge in [-0.1, -0.05) is 40.8 Å². The number of hydrogen-bond donors (Lipinski definition) is 1. The summed E-state index contributed by atoms with van der Waals surface area (Å²) in [6.45, 7) is 0.376. The second kappa shape index (κ2) is 10.6. The van der Waals surface area contributed by atoms with Crippen LogP contribution in [0.15, 0.2) is 48.7 Å². The van der Waals surface area contributed by atoms with Gasteiger partial charge in [-0.05, 0) is 43.4 Å². The standard InChI is InChI=1S/C26H26N8O3/c1-33-23(16-34-15-19(29-32-34)12-17-6-3-2-4-7-17)25(30-31-33)21-10-11-24(22(14-27)28-21)37-20-9-5-8-18(13-20)26(35)36/h2-4,6-7,10-11,15,18,20H,5,8-9,12-13,16H2,1H3,(H,35,36)/t18-,20-/m0/s1. The Kier molecular flexibility index (Phi) is 6.89. The highest BCUT2D eigenvalue weighted by molar-refractivity contribution is 5.70. The Hall–Kier alpha value is -4.59. The van der Waals surface area contributed by atoms with Crippen LogP contribution in [0.25, 0.3) is 11.4 Å². The van der Waals surface area contributed by atoms with E-state index in [2.05, 4.69) is 31.7 Å². The molecule has 37 heavy (non-hydrogen) atoms. The van der Waals surface area contributed by atoms with Crippen molar-refractivity contribution in [2.75, 3.05) is 0 Å². The summed E-state index contributed by atoms with van der Waals surface area (Å²) < 4.78 is 9.40. The minimum Gasteiger partial charge on any atom is -0.487 e. The molecule has 2 atom stereocenters. The van der Waals surface area contributed by atoms with Crippen LogP contribution in [0, 0.1) is 17.2 Å². The number of rotatable bonds is 8. The van der Waals surface area contributed by atoms with Gasteiger partial charge in [0.1, 0.15) is 11.8 Å². The summed E-state index contributed by atoms with van der Waals surface area (Å²) in [7, 11) is 1.79. The lowest BCUT2D eigenvalue weighted by Gasteiger charge is -2.27. The van der Waals surface area contributed by atoms with Crippen molar-refractivity contribution in [1.29, 1.82) is 5.26 Å². The third-order valence-corrected chi connectivity index (χ3v) is 6.54. The van der Waals surface area contributed by atoms with Crippen molar-refractivity contribution in [2.24, 2.45) is 13.0 Å². The minimum absolute atomic E-state index is 0.123. The molecule has 1 aliphatic rings. The lowest BCUT2D eigenvalue weighted by molar-refractivity contribution is -0.143. The fraction of sp³-hybridized carbons (Fsp3) is 0.346. The van der Waals surface area contributed by atoms with Gasteiger partial charge in [0.2, 0.25) is 0 Å². The molecular formula is C26H26N8O3. The molecule has 1 fully saturated rings. The lowest BCUT2D eigenvalue weighted by Crippen LogP contribution is -2.29. The average molecular weight is 499 g/mol. The van der Waals surface area contributed by atoms with Crippen molar-refractivity contribution in [1.82, 2.24) is 35.0 Å². The first kappa shape index (κ1) is 24.1. The number of nitriles is 1. The van der Waals surface area contributed by atoms with Crippen molar-refractivity contribution in [3.63, 3.8) is 0 Å². The molecule has 0 radical (unpaired) electrons. The van der Waals surface area contributed by atoms with Crippen molar-refractivity contribution < 1.29 is 14.6 Å². The van der Waals surface area contributed by atoms with E-state index in [1.807, 2.05) is 36.5 Å². The second-order valence-electron chi connectivity index (χ2n) is 9.17. The first-order valence-electron chi connectivity index (χ1n) is 12.1. The van der Waals surface area contributed by atoms with E-state index in [1.54, 1.807) is 28.5 Å². The predicted octanol–water partition coefficient (Wildman–Crippen LogP) is 3.00. The summed E-state index contributed by atoms with van der Waals surface area (Å²) >= 11 is 0. The molecule has 1 N–H and O–H groups in total. The average Bonchev–Trinajstić information content (AvgIpc) is 3.51. The van der Waals surface area contributed by atoms with Crippen LogP contribution in [0.3, 0.4) is 0 Å². The van der Waals surface area contributed by atoms with Crippen molar-refractivity contribution in [3.8, 4) is 23.2 Å². The number of ether oxygens (including phenoxy) is 1. The lowest BCUT2D eigenvalue weighted by atomic mass is 9.87. The molecule has 0 saturated heterocycles. The van der Waals surface area contributed by atoms with Gasteiger partial charge in [-0.2, -0.15) is 5.26 Å². The third-order valence-electron chi connectivity index (χ3n) is 6.54. The van der Waals surface area contributed by atoms with E-state index in [9.17, 15) is 15.2 Å². The van der Waals surface area contributed by atoms with Gasteiger partial charge in [0.05, 0.1) is 35.6 Å². The topological polar surface area (TPSA) is 145 Å². The Balaban J connectivity index is 1.34. The fourth-order valence-corrected chi connectivity index (χ4v) is 4.62. The quantitative estimate of drug-likeness (QED) is 0.387. The number of pyridine rings is 1. The van der Waals surface area contributed by atoms with Gasteiger partial charge in [-0.15, -0.1) is 10.2 Å². The van der Waals surface area contributed by atoms with Crippen molar-refractivity contribution >= 4 is 5.97 Å².